The summed E-state index contributed by atoms with van der Waals surface area (Å²) in [6.07, 6.45) is 3.09. The molecule has 132 valence electrons. The number of carbonyl (C=O) groups is 1. The minimum Gasteiger partial charge on any atom is -0.480 e. The maximum atomic E-state index is 13.0. The van der Waals surface area contributed by atoms with Crippen molar-refractivity contribution in [3.05, 3.63) is 35.6 Å². The van der Waals surface area contributed by atoms with E-state index in [0.29, 0.717) is 42.9 Å². The third-order valence-electron chi connectivity index (χ3n) is 5.05. The van der Waals surface area contributed by atoms with E-state index in [-0.39, 0.29) is 12.0 Å². The number of amides is 1. The van der Waals surface area contributed by atoms with Crippen molar-refractivity contribution in [3.63, 3.8) is 0 Å². The first-order valence-corrected chi connectivity index (χ1v) is 8.35. The number of piperidine rings is 1. The standard InChI is InChI=1S/C17H20N4O4/c1-11-19-16(25-20-11)17-6-9-24-13(17)5-8-21(10-17)15(22)12-4-3-7-18-14(12)23-2/h3-4,7,13H,5-6,8-10H2,1-2H3/t13-,17-/m1/s1. The lowest BCUT2D eigenvalue weighted by Gasteiger charge is -2.41. The second kappa shape index (κ2) is 6.11. The van der Waals surface area contributed by atoms with Gasteiger partial charge >= 0.3 is 0 Å². The first-order valence-electron chi connectivity index (χ1n) is 8.35. The summed E-state index contributed by atoms with van der Waals surface area (Å²) >= 11 is 0. The molecule has 0 radical (unpaired) electrons. The van der Waals surface area contributed by atoms with Crippen molar-refractivity contribution >= 4 is 5.91 Å². The monoisotopic (exact) mass is 344 g/mol. The smallest absolute Gasteiger partial charge is 0.259 e. The Balaban J connectivity index is 1.65. The average molecular weight is 344 g/mol. The van der Waals surface area contributed by atoms with Gasteiger partial charge in [-0.2, -0.15) is 4.98 Å². The molecule has 2 aromatic heterocycles. The molecule has 1 amide bonds. The molecule has 2 aliphatic rings. The molecule has 0 spiro atoms. The lowest BCUT2D eigenvalue weighted by molar-refractivity contribution is 0.00811. The molecule has 2 saturated heterocycles. The van der Waals surface area contributed by atoms with Crippen molar-refractivity contribution in [2.24, 2.45) is 0 Å². The number of aryl methyl sites for hydroxylation is 1. The molecular formula is C17H20N4O4. The maximum absolute atomic E-state index is 13.0. The first kappa shape index (κ1) is 16.0. The molecule has 25 heavy (non-hydrogen) atoms. The summed E-state index contributed by atoms with van der Waals surface area (Å²) in [5, 5.41) is 3.93. The van der Waals surface area contributed by atoms with Crippen LogP contribution in [0.5, 0.6) is 5.88 Å². The van der Waals surface area contributed by atoms with Crippen LogP contribution in [0.15, 0.2) is 22.9 Å². The Morgan fingerprint density at radius 1 is 1.48 bits per heavy atom. The zero-order chi connectivity index (χ0) is 17.4. The highest BCUT2D eigenvalue weighted by Crippen LogP contribution is 2.43. The number of rotatable bonds is 3. The van der Waals surface area contributed by atoms with Gasteiger partial charge in [-0.1, -0.05) is 5.16 Å². The van der Waals surface area contributed by atoms with Crippen molar-refractivity contribution < 1.29 is 18.8 Å². The van der Waals surface area contributed by atoms with E-state index in [4.69, 9.17) is 14.0 Å². The highest BCUT2D eigenvalue weighted by atomic mass is 16.5. The Labute approximate surface area is 145 Å². The van der Waals surface area contributed by atoms with Gasteiger partial charge < -0.3 is 18.9 Å². The van der Waals surface area contributed by atoms with E-state index in [9.17, 15) is 4.79 Å². The summed E-state index contributed by atoms with van der Waals surface area (Å²) < 4.78 is 16.6. The SMILES string of the molecule is COc1ncccc1C(=O)N1CC[C@H]2OCC[C@@]2(c2nc(C)no2)C1. The van der Waals surface area contributed by atoms with E-state index in [1.54, 1.807) is 25.3 Å². The highest BCUT2D eigenvalue weighted by molar-refractivity contribution is 5.96. The van der Waals surface area contributed by atoms with E-state index >= 15 is 0 Å². The lowest BCUT2D eigenvalue weighted by Crippen LogP contribution is -2.54. The summed E-state index contributed by atoms with van der Waals surface area (Å²) in [5.74, 6) is 1.38. The lowest BCUT2D eigenvalue weighted by atomic mass is 9.76. The molecule has 2 fully saturated rings. The van der Waals surface area contributed by atoms with Crippen LogP contribution in [0.1, 0.15) is 34.9 Å². The summed E-state index contributed by atoms with van der Waals surface area (Å²) in [5.41, 5.74) is 0.0177. The molecule has 8 heteroatoms. The number of likely N-dealkylation sites (tertiary alicyclic amines) is 1. The molecule has 0 saturated carbocycles. The summed E-state index contributed by atoms with van der Waals surface area (Å²) in [6, 6.07) is 3.47. The van der Waals surface area contributed by atoms with Crippen LogP contribution in [0.3, 0.4) is 0 Å². The largest absolute Gasteiger partial charge is 0.480 e. The Morgan fingerprint density at radius 2 is 2.36 bits per heavy atom. The van der Waals surface area contributed by atoms with Gasteiger partial charge in [0.1, 0.15) is 5.56 Å². The third-order valence-corrected chi connectivity index (χ3v) is 5.05. The molecular weight excluding hydrogens is 324 g/mol. The third kappa shape index (κ3) is 2.57. The number of hydrogen-bond acceptors (Lipinski definition) is 7. The van der Waals surface area contributed by atoms with Gasteiger partial charge in [-0.25, -0.2) is 4.98 Å². The fraction of sp³-hybridized carbons (Fsp3) is 0.529. The summed E-state index contributed by atoms with van der Waals surface area (Å²) in [6.45, 7) is 3.51. The van der Waals surface area contributed by atoms with Crippen molar-refractivity contribution in [1.82, 2.24) is 20.0 Å². The minimum absolute atomic E-state index is 0.00723. The van der Waals surface area contributed by atoms with Crippen molar-refractivity contribution in [2.45, 2.75) is 31.3 Å². The molecule has 0 N–H and O–H groups in total. The van der Waals surface area contributed by atoms with Crippen LogP contribution >= 0.6 is 0 Å². The zero-order valence-corrected chi connectivity index (χ0v) is 14.3. The normalized spacial score (nSPS) is 25.7. The molecule has 2 aromatic rings. The Hall–Kier alpha value is -2.48. The van der Waals surface area contributed by atoms with Gasteiger partial charge in [0, 0.05) is 25.9 Å². The van der Waals surface area contributed by atoms with Gasteiger partial charge in [0.2, 0.25) is 11.8 Å². The predicted octanol–water partition coefficient (Wildman–Crippen LogP) is 1.35. The van der Waals surface area contributed by atoms with Crippen LogP contribution in [-0.2, 0) is 10.2 Å². The van der Waals surface area contributed by atoms with Gasteiger partial charge in [-0.3, -0.25) is 4.79 Å². The Bertz CT molecular complexity index is 792. The van der Waals surface area contributed by atoms with Crippen molar-refractivity contribution in [3.8, 4) is 5.88 Å². The van der Waals surface area contributed by atoms with Gasteiger partial charge in [0.25, 0.3) is 5.91 Å². The predicted molar refractivity (Wildman–Crippen MR) is 86.4 cm³/mol. The number of carbonyl (C=O) groups excluding carboxylic acids is 1. The van der Waals surface area contributed by atoms with Crippen molar-refractivity contribution in [2.75, 3.05) is 26.8 Å². The number of nitrogens with zero attached hydrogens (tertiary/aromatic N) is 4. The van der Waals surface area contributed by atoms with Gasteiger partial charge in [0.05, 0.1) is 18.6 Å². The molecule has 0 unspecified atom stereocenters. The number of hydrogen-bond donors (Lipinski definition) is 0. The molecule has 2 aliphatic heterocycles. The number of ether oxygens (including phenoxy) is 2. The zero-order valence-electron chi connectivity index (χ0n) is 14.3. The van der Waals surface area contributed by atoms with Crippen LogP contribution in [0.4, 0.5) is 0 Å². The maximum Gasteiger partial charge on any atom is 0.259 e. The van der Waals surface area contributed by atoms with E-state index < -0.39 is 5.41 Å². The van der Waals surface area contributed by atoms with Crippen LogP contribution in [-0.4, -0.2) is 58.8 Å². The van der Waals surface area contributed by atoms with Crippen LogP contribution in [0, 0.1) is 6.92 Å². The first-order chi connectivity index (χ1) is 12.1. The molecule has 0 aliphatic carbocycles. The number of methoxy groups -OCH3 is 1. The van der Waals surface area contributed by atoms with Crippen molar-refractivity contribution in [1.29, 1.82) is 0 Å². The molecule has 2 atom stereocenters. The van der Waals surface area contributed by atoms with E-state index in [1.165, 1.54) is 7.11 Å². The van der Waals surface area contributed by atoms with E-state index in [0.717, 1.165) is 12.8 Å². The molecule has 0 bridgehead atoms. The molecule has 4 heterocycles. The average Bonchev–Trinajstić information content (AvgIpc) is 3.27. The Morgan fingerprint density at radius 3 is 3.12 bits per heavy atom. The van der Waals surface area contributed by atoms with Gasteiger partial charge in [0.15, 0.2) is 5.82 Å². The quantitative estimate of drug-likeness (QED) is 0.830. The molecule has 4 rings (SSSR count). The summed E-state index contributed by atoms with van der Waals surface area (Å²) in [7, 11) is 1.51. The van der Waals surface area contributed by atoms with Gasteiger partial charge in [-0.15, -0.1) is 0 Å². The summed E-state index contributed by atoms with van der Waals surface area (Å²) in [4.78, 5) is 23.4. The van der Waals surface area contributed by atoms with Gasteiger partial charge in [-0.05, 0) is 31.9 Å². The van der Waals surface area contributed by atoms with E-state index in [2.05, 4.69) is 15.1 Å². The molecule has 8 nitrogen and oxygen atoms in total. The highest BCUT2D eigenvalue weighted by Gasteiger charge is 2.53. The topological polar surface area (TPSA) is 90.6 Å². The minimum atomic E-state index is -0.440. The molecule has 0 aromatic carbocycles. The fourth-order valence-electron chi connectivity index (χ4n) is 3.81. The van der Waals surface area contributed by atoms with E-state index in [1.807, 2.05) is 4.90 Å². The Kier molecular flexibility index (Phi) is 3.91. The number of aromatic nitrogens is 3. The second-order valence-corrected chi connectivity index (χ2v) is 6.49. The number of fused-ring (bicyclic) bond motifs is 1. The number of pyridine rings is 1. The van der Waals surface area contributed by atoms with Crippen LogP contribution in [0.25, 0.3) is 0 Å². The fourth-order valence-corrected chi connectivity index (χ4v) is 3.81. The second-order valence-electron chi connectivity index (χ2n) is 6.49. The van der Waals surface area contributed by atoms with Crippen LogP contribution < -0.4 is 4.74 Å². The van der Waals surface area contributed by atoms with Crippen LogP contribution in [0.2, 0.25) is 0 Å².